The van der Waals surface area contributed by atoms with Gasteiger partial charge in [0.05, 0.1) is 12.5 Å². The summed E-state index contributed by atoms with van der Waals surface area (Å²) in [4.78, 5) is 84.4. The maximum absolute atomic E-state index is 13.8. The Labute approximate surface area is 259 Å². The highest BCUT2D eigenvalue weighted by Gasteiger charge is 2.45. The summed E-state index contributed by atoms with van der Waals surface area (Å²) >= 11 is 5.77. The quantitative estimate of drug-likeness (QED) is 0.285. The van der Waals surface area contributed by atoms with Crippen LogP contribution in [0.3, 0.4) is 0 Å². The maximum atomic E-state index is 13.8. The lowest BCUT2D eigenvalue weighted by Gasteiger charge is -2.38. The van der Waals surface area contributed by atoms with Crippen molar-refractivity contribution in [3.63, 3.8) is 0 Å². The zero-order valence-corrected chi connectivity index (χ0v) is 27.2. The van der Waals surface area contributed by atoms with Crippen LogP contribution in [0.4, 0.5) is 0 Å². The number of hydrogen-bond donors (Lipinski definition) is 3. The van der Waals surface area contributed by atoms with Crippen molar-refractivity contribution in [3.05, 3.63) is 0 Å². The van der Waals surface area contributed by atoms with Crippen molar-refractivity contribution in [1.29, 1.82) is 0 Å². The molecule has 5 amide bonds. The van der Waals surface area contributed by atoms with Gasteiger partial charge in [0.15, 0.2) is 6.10 Å². The summed E-state index contributed by atoms with van der Waals surface area (Å²) in [5, 5.41) is 15.6. The van der Waals surface area contributed by atoms with Gasteiger partial charge in [-0.1, -0.05) is 34.6 Å². The molecule has 0 bridgehead atoms. The van der Waals surface area contributed by atoms with Crippen LogP contribution in [0.25, 0.3) is 0 Å². The number of esters is 1. The highest BCUT2D eigenvalue weighted by molar-refractivity contribution is 6.18. The first kappa shape index (κ1) is 36.3. The largest absolute Gasteiger partial charge is 0.452 e. The molecule has 2 rings (SSSR count). The molecule has 13 nitrogen and oxygen atoms in total. The molecule has 2 saturated heterocycles. The third-order valence-electron chi connectivity index (χ3n) is 8.28. The van der Waals surface area contributed by atoms with Gasteiger partial charge in [-0.05, 0) is 31.1 Å². The Morgan fingerprint density at radius 1 is 0.930 bits per heavy atom. The van der Waals surface area contributed by atoms with E-state index in [1.807, 2.05) is 6.92 Å². The molecule has 0 spiro atoms. The average Bonchev–Trinajstić information content (AvgIpc) is 3.33. The second-order valence-electron chi connectivity index (χ2n) is 12.3. The molecule has 3 N–H and O–H groups in total. The molecular formula is C29H48ClN5O8. The number of aliphatic hydroxyl groups excluding tert-OH is 1. The second kappa shape index (κ2) is 15.7. The Hall–Kier alpha value is -2.93. The molecule has 43 heavy (non-hydrogen) atoms. The molecule has 0 aliphatic carbocycles. The van der Waals surface area contributed by atoms with E-state index in [4.69, 9.17) is 16.3 Å². The molecule has 0 aromatic rings. The van der Waals surface area contributed by atoms with Crippen LogP contribution >= 0.6 is 11.6 Å². The van der Waals surface area contributed by atoms with E-state index in [0.717, 1.165) is 0 Å². The molecule has 0 aromatic heterocycles. The van der Waals surface area contributed by atoms with E-state index >= 15 is 0 Å². The van der Waals surface area contributed by atoms with E-state index < -0.39 is 71.9 Å². The number of fused-ring (bicyclic) bond motifs is 1. The van der Waals surface area contributed by atoms with Crippen LogP contribution in [-0.2, 0) is 33.5 Å². The van der Waals surface area contributed by atoms with Gasteiger partial charge in [-0.3, -0.25) is 28.8 Å². The van der Waals surface area contributed by atoms with Crippen molar-refractivity contribution in [2.45, 2.75) is 97.2 Å². The van der Waals surface area contributed by atoms with E-state index in [9.17, 15) is 33.9 Å². The Morgan fingerprint density at radius 2 is 1.56 bits per heavy atom. The lowest BCUT2D eigenvalue weighted by atomic mass is 9.96. The molecule has 1 unspecified atom stereocenters. The Morgan fingerprint density at radius 3 is 2.12 bits per heavy atom. The SMILES string of the molecule is CC(C)[C@@H]1NC(=O)[C@@H]2[C@@H](C)CCN2C(=O)[C@@H](CC(O)CCl)OC(=O)CCNC(=O)[C@H](C)N(C)C(=O)[C@H](C(C)C)N(C)C1=O. The number of hydrogen-bond acceptors (Lipinski definition) is 8. The summed E-state index contributed by atoms with van der Waals surface area (Å²) in [6.45, 7) is 10.5. The summed E-state index contributed by atoms with van der Waals surface area (Å²) in [7, 11) is 2.96. The van der Waals surface area contributed by atoms with Gasteiger partial charge < -0.3 is 35.2 Å². The highest BCUT2D eigenvalue weighted by Crippen LogP contribution is 2.27. The minimum atomic E-state index is -1.41. The van der Waals surface area contributed by atoms with Crippen LogP contribution < -0.4 is 10.6 Å². The Balaban J connectivity index is 2.56. The van der Waals surface area contributed by atoms with Gasteiger partial charge in [0.2, 0.25) is 23.6 Å². The van der Waals surface area contributed by atoms with Crippen LogP contribution in [0.1, 0.15) is 60.8 Å². The van der Waals surface area contributed by atoms with E-state index in [1.165, 1.54) is 35.7 Å². The van der Waals surface area contributed by atoms with Crippen LogP contribution in [0, 0.1) is 17.8 Å². The summed E-state index contributed by atoms with van der Waals surface area (Å²) in [5.74, 6) is -4.64. The van der Waals surface area contributed by atoms with Crippen LogP contribution in [0.5, 0.6) is 0 Å². The van der Waals surface area contributed by atoms with Gasteiger partial charge in [0.1, 0.15) is 24.2 Å². The minimum absolute atomic E-state index is 0.128. The van der Waals surface area contributed by atoms with Gasteiger partial charge in [0.25, 0.3) is 5.91 Å². The minimum Gasteiger partial charge on any atom is -0.452 e. The van der Waals surface area contributed by atoms with E-state index in [-0.39, 0.29) is 49.6 Å². The topological polar surface area (TPSA) is 166 Å². The third-order valence-corrected chi connectivity index (χ3v) is 8.64. The zero-order valence-electron chi connectivity index (χ0n) is 26.5. The van der Waals surface area contributed by atoms with Gasteiger partial charge in [0, 0.05) is 39.5 Å². The third kappa shape index (κ3) is 8.81. The molecule has 14 heteroatoms. The number of amides is 5. The molecule has 7 atom stereocenters. The van der Waals surface area contributed by atoms with Crippen molar-refractivity contribution < 1.29 is 38.6 Å². The Bertz CT molecular complexity index is 1060. The van der Waals surface area contributed by atoms with E-state index in [0.29, 0.717) is 6.42 Å². The zero-order chi connectivity index (χ0) is 32.8. The fraction of sp³-hybridized carbons (Fsp3) is 0.793. The smallest absolute Gasteiger partial charge is 0.308 e. The first-order valence-electron chi connectivity index (χ1n) is 14.9. The molecule has 244 valence electrons. The number of carbonyl (C=O) groups is 6. The standard InChI is InChI=1S/C29H48ClN5O8/c1-15(2)22-28(41)34(8)23(16(3)4)29(42)33(7)18(6)25(38)31-11-9-21(37)43-20(13-19(36)14-30)27(40)35-12-10-17(5)24(35)26(39)32-22/h15-20,22-24,36H,9-14H2,1-8H3,(H,31,38)(H,32,39)/t17-,18-,19?,20+,22-,23-,24-/m0/s1. The molecule has 2 aliphatic rings. The van der Waals surface area contributed by atoms with Crippen molar-refractivity contribution in [1.82, 2.24) is 25.3 Å². The van der Waals surface area contributed by atoms with Gasteiger partial charge in [-0.25, -0.2) is 0 Å². The van der Waals surface area contributed by atoms with Crippen molar-refractivity contribution in [3.8, 4) is 0 Å². The predicted molar refractivity (Wildman–Crippen MR) is 159 cm³/mol. The lowest BCUT2D eigenvalue weighted by Crippen LogP contribution is -2.61. The van der Waals surface area contributed by atoms with Crippen molar-refractivity contribution in [2.75, 3.05) is 33.1 Å². The van der Waals surface area contributed by atoms with Gasteiger partial charge in [-0.15, -0.1) is 11.6 Å². The van der Waals surface area contributed by atoms with Crippen LogP contribution in [-0.4, -0.2) is 125 Å². The molecule has 2 fully saturated rings. The monoisotopic (exact) mass is 629 g/mol. The number of cyclic esters (lactones) is 1. The van der Waals surface area contributed by atoms with Crippen molar-refractivity contribution >= 4 is 47.1 Å². The van der Waals surface area contributed by atoms with Gasteiger partial charge in [-0.2, -0.15) is 0 Å². The summed E-state index contributed by atoms with van der Waals surface area (Å²) in [5.41, 5.74) is 0. The molecule has 2 heterocycles. The molecular weight excluding hydrogens is 582 g/mol. The first-order chi connectivity index (χ1) is 20.0. The predicted octanol–water partition coefficient (Wildman–Crippen LogP) is 0.116. The highest BCUT2D eigenvalue weighted by atomic mass is 35.5. The van der Waals surface area contributed by atoms with E-state index in [1.54, 1.807) is 27.7 Å². The molecule has 0 saturated carbocycles. The number of nitrogens with one attached hydrogen (secondary N) is 2. The number of ether oxygens (including phenoxy) is 1. The number of nitrogens with zero attached hydrogens (tertiary/aromatic N) is 3. The fourth-order valence-electron chi connectivity index (χ4n) is 5.52. The average molecular weight is 630 g/mol. The van der Waals surface area contributed by atoms with Crippen LogP contribution in [0.2, 0.25) is 0 Å². The number of rotatable bonds is 5. The second-order valence-corrected chi connectivity index (χ2v) is 12.6. The summed E-state index contributed by atoms with van der Waals surface area (Å²) in [6, 6.07) is -3.84. The fourth-order valence-corrected chi connectivity index (χ4v) is 5.65. The molecule has 0 aromatic carbocycles. The number of halogens is 1. The summed E-state index contributed by atoms with van der Waals surface area (Å²) < 4.78 is 5.45. The number of carbonyl (C=O) groups excluding carboxylic acids is 6. The van der Waals surface area contributed by atoms with Crippen molar-refractivity contribution in [2.24, 2.45) is 17.8 Å². The normalized spacial score (nSPS) is 30.0. The number of likely N-dealkylation sites (N-methyl/N-ethyl adjacent to an activating group) is 2. The maximum Gasteiger partial charge on any atom is 0.308 e. The van der Waals surface area contributed by atoms with Gasteiger partial charge >= 0.3 is 5.97 Å². The lowest BCUT2D eigenvalue weighted by molar-refractivity contribution is -0.163. The molecule has 0 radical (unpaired) electrons. The first-order valence-corrected chi connectivity index (χ1v) is 15.4. The number of aliphatic hydroxyl groups is 1. The Kier molecular flexibility index (Phi) is 13.2. The van der Waals surface area contributed by atoms with E-state index in [2.05, 4.69) is 10.6 Å². The molecule has 2 aliphatic heterocycles. The number of alkyl halides is 1. The summed E-state index contributed by atoms with van der Waals surface area (Å²) in [6.07, 6.45) is -2.64. The van der Waals surface area contributed by atoms with Crippen LogP contribution in [0.15, 0.2) is 0 Å².